The highest BCUT2D eigenvalue weighted by Gasteiger charge is 2.12. The fourth-order valence-corrected chi connectivity index (χ4v) is 3.77. The molecule has 0 saturated heterocycles. The van der Waals surface area contributed by atoms with Crippen LogP contribution in [0.25, 0.3) is 0 Å². The predicted octanol–water partition coefficient (Wildman–Crippen LogP) is 7.79. The Hall–Kier alpha value is -1.04. The van der Waals surface area contributed by atoms with Gasteiger partial charge in [-0.25, -0.2) is 0 Å². The Morgan fingerprint density at radius 3 is 1.25 bits per heavy atom. The molecular weight excluding hydrogens is 344 g/mol. The summed E-state index contributed by atoms with van der Waals surface area (Å²) in [5, 5.41) is 8.85. The van der Waals surface area contributed by atoms with Crippen LogP contribution in [-0.4, -0.2) is 23.9 Å². The zero-order chi connectivity index (χ0) is 20.7. The highest BCUT2D eigenvalue weighted by Crippen LogP contribution is 2.12. The fourth-order valence-electron chi connectivity index (χ4n) is 3.77. The molecule has 0 radical (unpaired) electrons. The van der Waals surface area contributed by atoms with E-state index in [0.717, 1.165) is 25.9 Å². The van der Waals surface area contributed by atoms with Crippen molar-refractivity contribution >= 4 is 5.91 Å². The van der Waals surface area contributed by atoms with Gasteiger partial charge in [0.15, 0.2) is 0 Å². The zero-order valence-corrected chi connectivity index (χ0v) is 19.2. The van der Waals surface area contributed by atoms with E-state index >= 15 is 0 Å². The van der Waals surface area contributed by atoms with Gasteiger partial charge in [-0.1, -0.05) is 117 Å². The SMILES string of the molecule is CCCCCCCCCCCN(CCCCCCCCCCC)C(=O)CC#N. The van der Waals surface area contributed by atoms with Gasteiger partial charge < -0.3 is 4.90 Å². The first kappa shape index (κ1) is 27.0. The van der Waals surface area contributed by atoms with Crippen molar-refractivity contribution in [1.82, 2.24) is 4.90 Å². The van der Waals surface area contributed by atoms with Crippen molar-refractivity contribution in [2.24, 2.45) is 0 Å². The average Bonchev–Trinajstić information content (AvgIpc) is 2.69. The van der Waals surface area contributed by atoms with Crippen molar-refractivity contribution in [3.63, 3.8) is 0 Å². The van der Waals surface area contributed by atoms with Crippen molar-refractivity contribution in [3.8, 4) is 6.07 Å². The minimum atomic E-state index is 0.0293. The smallest absolute Gasteiger partial charge is 0.236 e. The molecule has 0 bridgehead atoms. The molecule has 0 aromatic carbocycles. The Morgan fingerprint density at radius 2 is 0.929 bits per heavy atom. The summed E-state index contributed by atoms with van der Waals surface area (Å²) in [6, 6.07) is 2.03. The summed E-state index contributed by atoms with van der Waals surface area (Å²) in [4.78, 5) is 14.1. The van der Waals surface area contributed by atoms with Crippen molar-refractivity contribution in [3.05, 3.63) is 0 Å². The monoisotopic (exact) mass is 392 g/mol. The Morgan fingerprint density at radius 1 is 0.607 bits per heavy atom. The van der Waals surface area contributed by atoms with E-state index in [1.54, 1.807) is 0 Å². The van der Waals surface area contributed by atoms with Gasteiger partial charge in [0.1, 0.15) is 6.42 Å². The minimum absolute atomic E-state index is 0.0293. The van der Waals surface area contributed by atoms with Crippen molar-refractivity contribution < 1.29 is 4.79 Å². The van der Waals surface area contributed by atoms with E-state index < -0.39 is 0 Å². The Labute approximate surface area is 176 Å². The number of unbranched alkanes of at least 4 members (excludes halogenated alkanes) is 16. The number of hydrogen-bond donors (Lipinski definition) is 0. The molecule has 0 heterocycles. The number of hydrogen-bond acceptors (Lipinski definition) is 2. The highest BCUT2D eigenvalue weighted by molar-refractivity contribution is 5.78. The van der Waals surface area contributed by atoms with Crippen LogP contribution in [0.3, 0.4) is 0 Å². The number of amides is 1. The lowest BCUT2D eigenvalue weighted by Gasteiger charge is -2.21. The van der Waals surface area contributed by atoms with Crippen LogP contribution >= 0.6 is 0 Å². The quantitative estimate of drug-likeness (QED) is 0.187. The van der Waals surface area contributed by atoms with Crippen LogP contribution in [0, 0.1) is 11.3 Å². The first-order valence-electron chi connectivity index (χ1n) is 12.4. The molecule has 0 aliphatic carbocycles. The first-order valence-corrected chi connectivity index (χ1v) is 12.4. The lowest BCUT2D eigenvalue weighted by atomic mass is 10.1. The number of nitriles is 1. The molecule has 0 fully saturated rings. The molecule has 28 heavy (non-hydrogen) atoms. The van der Waals surface area contributed by atoms with Crippen LogP contribution in [0.1, 0.15) is 136 Å². The van der Waals surface area contributed by atoms with Gasteiger partial charge in [-0.3, -0.25) is 4.79 Å². The van der Waals surface area contributed by atoms with Crippen LogP contribution in [0.15, 0.2) is 0 Å². The summed E-state index contributed by atoms with van der Waals surface area (Å²) in [6.07, 6.45) is 23.4. The van der Waals surface area contributed by atoms with E-state index in [1.165, 1.54) is 103 Å². The molecular formula is C25H48N2O. The number of carbonyl (C=O) groups is 1. The number of carbonyl (C=O) groups excluding carboxylic acids is 1. The molecule has 0 atom stereocenters. The molecule has 0 aromatic heterocycles. The largest absolute Gasteiger partial charge is 0.342 e. The Balaban J connectivity index is 3.75. The fraction of sp³-hybridized carbons (Fsp3) is 0.920. The molecule has 0 aromatic rings. The molecule has 3 heteroatoms. The van der Waals surface area contributed by atoms with E-state index in [4.69, 9.17) is 5.26 Å². The summed E-state index contributed by atoms with van der Waals surface area (Å²) >= 11 is 0. The molecule has 0 rings (SSSR count). The molecule has 3 nitrogen and oxygen atoms in total. The van der Waals surface area contributed by atoms with Gasteiger partial charge in [0.05, 0.1) is 6.07 Å². The number of rotatable bonds is 21. The van der Waals surface area contributed by atoms with Crippen molar-refractivity contribution in [1.29, 1.82) is 5.26 Å². The van der Waals surface area contributed by atoms with Gasteiger partial charge in [-0.05, 0) is 12.8 Å². The van der Waals surface area contributed by atoms with Gasteiger partial charge in [-0.15, -0.1) is 0 Å². The lowest BCUT2D eigenvalue weighted by molar-refractivity contribution is -0.130. The second-order valence-corrected chi connectivity index (χ2v) is 8.37. The normalized spacial score (nSPS) is 10.8. The summed E-state index contributed by atoms with van der Waals surface area (Å²) in [5.74, 6) is 0.0293. The van der Waals surface area contributed by atoms with Crippen LogP contribution in [0.2, 0.25) is 0 Å². The van der Waals surface area contributed by atoms with Gasteiger partial charge in [-0.2, -0.15) is 5.26 Å². The minimum Gasteiger partial charge on any atom is -0.342 e. The molecule has 0 aliphatic heterocycles. The third-order valence-electron chi connectivity index (χ3n) is 5.65. The van der Waals surface area contributed by atoms with Gasteiger partial charge in [0.25, 0.3) is 0 Å². The molecule has 1 amide bonds. The third kappa shape index (κ3) is 18.3. The molecule has 0 unspecified atom stereocenters. The van der Waals surface area contributed by atoms with Crippen LogP contribution in [0.5, 0.6) is 0 Å². The van der Waals surface area contributed by atoms with Gasteiger partial charge in [0.2, 0.25) is 5.91 Å². The summed E-state index contributed by atoms with van der Waals surface area (Å²) in [7, 11) is 0. The average molecular weight is 393 g/mol. The van der Waals surface area contributed by atoms with E-state index in [1.807, 2.05) is 11.0 Å². The molecule has 164 valence electrons. The van der Waals surface area contributed by atoms with Gasteiger partial charge in [0, 0.05) is 13.1 Å². The predicted molar refractivity (Wildman–Crippen MR) is 121 cm³/mol. The van der Waals surface area contributed by atoms with Crippen molar-refractivity contribution in [2.75, 3.05) is 13.1 Å². The standard InChI is InChI=1S/C25H48N2O/c1-3-5-7-9-11-13-15-17-19-23-27(25(28)21-22-26)24-20-18-16-14-12-10-8-6-4-2/h3-21,23-24H2,1-2H3. The summed E-state index contributed by atoms with van der Waals surface area (Å²) < 4.78 is 0. The zero-order valence-electron chi connectivity index (χ0n) is 19.2. The lowest BCUT2D eigenvalue weighted by Crippen LogP contribution is -2.32. The molecule has 0 saturated carbocycles. The van der Waals surface area contributed by atoms with Crippen LogP contribution in [0.4, 0.5) is 0 Å². The van der Waals surface area contributed by atoms with E-state index in [2.05, 4.69) is 13.8 Å². The Kier molecular flexibility index (Phi) is 21.4. The number of nitrogens with zero attached hydrogens (tertiary/aromatic N) is 2. The first-order chi connectivity index (χ1) is 13.8. The van der Waals surface area contributed by atoms with E-state index in [-0.39, 0.29) is 12.3 Å². The maximum atomic E-state index is 12.2. The third-order valence-corrected chi connectivity index (χ3v) is 5.65. The van der Waals surface area contributed by atoms with Crippen LogP contribution < -0.4 is 0 Å². The molecule has 0 aliphatic rings. The molecule has 0 N–H and O–H groups in total. The van der Waals surface area contributed by atoms with Gasteiger partial charge >= 0.3 is 0 Å². The van der Waals surface area contributed by atoms with E-state index in [9.17, 15) is 4.79 Å². The second kappa shape index (κ2) is 22.3. The van der Waals surface area contributed by atoms with E-state index in [0.29, 0.717) is 0 Å². The van der Waals surface area contributed by atoms with Crippen molar-refractivity contribution in [2.45, 2.75) is 136 Å². The summed E-state index contributed by atoms with van der Waals surface area (Å²) in [6.45, 7) is 6.20. The molecule has 0 spiro atoms. The maximum Gasteiger partial charge on any atom is 0.236 e. The second-order valence-electron chi connectivity index (χ2n) is 8.37. The summed E-state index contributed by atoms with van der Waals surface area (Å²) in [5.41, 5.74) is 0. The Bertz CT molecular complexity index is 353. The van der Waals surface area contributed by atoms with Crippen LogP contribution in [-0.2, 0) is 4.79 Å². The maximum absolute atomic E-state index is 12.2. The highest BCUT2D eigenvalue weighted by atomic mass is 16.2. The topological polar surface area (TPSA) is 44.1 Å².